The first-order chi connectivity index (χ1) is 36.1. The fraction of sp³-hybridized carbons (Fsp3) is 0.985. The van der Waals surface area contributed by atoms with E-state index in [1.807, 2.05) is 21.1 Å². The molecule has 8 nitrogen and oxygen atoms in total. The third-order valence-electron chi connectivity index (χ3n) is 15.4. The largest absolute Gasteiger partial charge is 0.756 e. The van der Waals surface area contributed by atoms with Crippen molar-refractivity contribution in [2.75, 3.05) is 54.1 Å². The molecule has 0 amide bonds. The summed E-state index contributed by atoms with van der Waals surface area (Å²) < 4.78 is 34.9. The van der Waals surface area contributed by atoms with Crippen LogP contribution in [0.3, 0.4) is 0 Å². The van der Waals surface area contributed by atoms with Gasteiger partial charge in [0.25, 0.3) is 7.82 Å². The third-order valence-corrected chi connectivity index (χ3v) is 16.4. The van der Waals surface area contributed by atoms with Crippen molar-refractivity contribution in [2.45, 2.75) is 360 Å². The fourth-order valence-corrected chi connectivity index (χ4v) is 11.0. The minimum Gasteiger partial charge on any atom is -0.756 e. The maximum atomic E-state index is 12.8. The second-order valence-electron chi connectivity index (χ2n) is 24.2. The minimum absolute atomic E-state index is 0.0321. The van der Waals surface area contributed by atoms with E-state index in [-0.39, 0.29) is 25.8 Å². The Hall–Kier alpha value is -0.500. The highest BCUT2D eigenvalue weighted by Gasteiger charge is 2.20. The number of ether oxygens (including phenoxy) is 2. The van der Waals surface area contributed by atoms with Gasteiger partial charge in [0.2, 0.25) is 0 Å². The van der Waals surface area contributed by atoms with Gasteiger partial charge in [0, 0.05) is 13.0 Å². The van der Waals surface area contributed by atoms with Crippen LogP contribution in [0.1, 0.15) is 354 Å². The van der Waals surface area contributed by atoms with Crippen molar-refractivity contribution in [3.8, 4) is 0 Å². The van der Waals surface area contributed by atoms with Crippen molar-refractivity contribution in [1.82, 2.24) is 0 Å². The molecule has 0 fully saturated rings. The molecule has 74 heavy (non-hydrogen) atoms. The van der Waals surface area contributed by atoms with Crippen LogP contribution in [0.2, 0.25) is 0 Å². The molecule has 2 atom stereocenters. The van der Waals surface area contributed by atoms with Crippen LogP contribution < -0.4 is 4.89 Å². The molecule has 0 aromatic carbocycles. The van der Waals surface area contributed by atoms with Gasteiger partial charge in [-0.1, -0.05) is 335 Å². The third kappa shape index (κ3) is 62.3. The second kappa shape index (κ2) is 58.6. The lowest BCUT2D eigenvalue weighted by Gasteiger charge is -2.28. The predicted octanol–water partition coefficient (Wildman–Crippen LogP) is 20.8. The molecule has 0 aliphatic carbocycles. The van der Waals surface area contributed by atoms with Crippen molar-refractivity contribution in [3.63, 3.8) is 0 Å². The summed E-state index contributed by atoms with van der Waals surface area (Å²) in [6, 6.07) is 0. The molecule has 0 aliphatic rings. The summed E-state index contributed by atoms with van der Waals surface area (Å²) in [5.74, 6) is -0.321. The molecule has 0 spiro atoms. The summed E-state index contributed by atoms with van der Waals surface area (Å²) in [4.78, 5) is 25.3. The number of phosphoric ester groups is 1. The lowest BCUT2D eigenvalue weighted by atomic mass is 10.0. The summed E-state index contributed by atoms with van der Waals surface area (Å²) in [5, 5.41) is 0. The van der Waals surface area contributed by atoms with Crippen molar-refractivity contribution in [1.29, 1.82) is 0 Å². The van der Waals surface area contributed by atoms with E-state index < -0.39 is 13.9 Å². The van der Waals surface area contributed by atoms with E-state index in [1.54, 1.807) is 0 Å². The maximum absolute atomic E-state index is 12.8. The highest BCUT2D eigenvalue weighted by atomic mass is 31.2. The number of quaternary nitrogens is 1. The van der Waals surface area contributed by atoms with Gasteiger partial charge < -0.3 is 27.9 Å². The highest BCUT2D eigenvalue weighted by molar-refractivity contribution is 7.45. The van der Waals surface area contributed by atoms with E-state index in [9.17, 15) is 14.3 Å². The molecule has 0 heterocycles. The number of esters is 1. The normalized spacial score (nSPS) is 13.2. The summed E-state index contributed by atoms with van der Waals surface area (Å²) in [6.45, 7) is 5.52. The Morgan fingerprint density at radius 2 is 0.622 bits per heavy atom. The van der Waals surface area contributed by atoms with E-state index in [0.717, 1.165) is 32.1 Å². The lowest BCUT2D eigenvalue weighted by molar-refractivity contribution is -0.870. The Bertz CT molecular complexity index is 1150. The predicted molar refractivity (Wildman–Crippen MR) is 319 cm³/mol. The summed E-state index contributed by atoms with van der Waals surface area (Å²) in [6.07, 6.45) is 70.5. The number of rotatable bonds is 64. The highest BCUT2D eigenvalue weighted by Crippen LogP contribution is 2.38. The van der Waals surface area contributed by atoms with Crippen LogP contribution in [0.15, 0.2) is 0 Å². The van der Waals surface area contributed by atoms with Crippen LogP contribution in [0.25, 0.3) is 0 Å². The van der Waals surface area contributed by atoms with Crippen LogP contribution in [0.5, 0.6) is 0 Å². The molecule has 0 rings (SSSR count). The van der Waals surface area contributed by atoms with Gasteiger partial charge in [0.15, 0.2) is 0 Å². The van der Waals surface area contributed by atoms with Crippen LogP contribution in [0.4, 0.5) is 0 Å². The molecule has 0 saturated carbocycles. The molecule has 0 N–H and O–H groups in total. The number of phosphoric acid groups is 1. The number of likely N-dealkylation sites (N-methyl/N-ethyl adjacent to an activating group) is 1. The van der Waals surface area contributed by atoms with Gasteiger partial charge in [0.05, 0.1) is 34.4 Å². The van der Waals surface area contributed by atoms with E-state index >= 15 is 0 Å². The topological polar surface area (TPSA) is 94.1 Å². The molecule has 0 radical (unpaired) electrons. The van der Waals surface area contributed by atoms with Gasteiger partial charge >= 0.3 is 5.97 Å². The zero-order valence-electron chi connectivity index (χ0n) is 50.8. The zero-order valence-corrected chi connectivity index (χ0v) is 51.7. The van der Waals surface area contributed by atoms with Crippen molar-refractivity contribution < 1.29 is 37.3 Å². The van der Waals surface area contributed by atoms with Crippen LogP contribution in [-0.2, 0) is 27.9 Å². The first kappa shape index (κ1) is 73.5. The zero-order chi connectivity index (χ0) is 54.0. The SMILES string of the molecule is CCCCCCCCCCCCCCCCCCCCCCCCCCCCCCCCCCCCC(=O)O[C@H](COCCCCCCCCCCCCCCCCCCCC)COP(=O)([O-])OCC[N+](C)(C)C. The van der Waals surface area contributed by atoms with Gasteiger partial charge in [-0.2, -0.15) is 0 Å². The summed E-state index contributed by atoms with van der Waals surface area (Å²) in [7, 11) is 1.39. The molecule has 0 saturated heterocycles. The number of unbranched alkanes of at least 4 members (excludes halogenated alkanes) is 50. The molecule has 9 heteroatoms. The number of carbonyl (C=O) groups excluding carboxylic acids is 1. The van der Waals surface area contributed by atoms with Gasteiger partial charge in [-0.15, -0.1) is 0 Å². The Kier molecular flexibility index (Phi) is 58.2. The first-order valence-electron chi connectivity index (χ1n) is 33.3. The Morgan fingerprint density at radius 1 is 0.365 bits per heavy atom. The lowest BCUT2D eigenvalue weighted by Crippen LogP contribution is -2.37. The van der Waals surface area contributed by atoms with Crippen LogP contribution in [-0.4, -0.2) is 70.7 Å². The molecule has 0 aromatic heterocycles. The Balaban J connectivity index is 3.85. The standard InChI is InChI=1S/C65H132NO7P/c1-6-8-10-12-14-16-18-20-22-24-26-27-28-29-30-31-32-33-34-35-36-37-38-39-40-41-42-44-46-48-50-52-54-56-58-65(67)73-64(63-72-74(68,69)71-61-59-66(3,4)5)62-70-60-57-55-53-51-49-47-45-43-25-23-21-19-17-15-13-11-9-7-2/h64H,6-63H2,1-5H3/t64-/m1/s1. The van der Waals surface area contributed by atoms with Crippen LogP contribution >= 0.6 is 7.82 Å². The van der Waals surface area contributed by atoms with Crippen molar-refractivity contribution in [2.24, 2.45) is 0 Å². The maximum Gasteiger partial charge on any atom is 0.306 e. The number of hydrogen-bond donors (Lipinski definition) is 0. The van der Waals surface area contributed by atoms with E-state index in [1.165, 1.54) is 302 Å². The second-order valence-corrected chi connectivity index (χ2v) is 25.6. The molecular formula is C65H132NO7P. The molecule has 444 valence electrons. The molecular weight excluding hydrogens is 938 g/mol. The average Bonchev–Trinajstić information content (AvgIpc) is 3.37. The van der Waals surface area contributed by atoms with E-state index in [2.05, 4.69) is 13.8 Å². The molecule has 0 aliphatic heterocycles. The molecule has 1 unspecified atom stereocenters. The first-order valence-corrected chi connectivity index (χ1v) is 34.7. The van der Waals surface area contributed by atoms with E-state index in [4.69, 9.17) is 18.5 Å². The van der Waals surface area contributed by atoms with Gasteiger partial charge in [0.1, 0.15) is 19.3 Å². The van der Waals surface area contributed by atoms with Crippen LogP contribution in [0, 0.1) is 0 Å². The Labute approximate surface area is 463 Å². The average molecular weight is 1070 g/mol. The van der Waals surface area contributed by atoms with Gasteiger partial charge in [-0.3, -0.25) is 9.36 Å². The van der Waals surface area contributed by atoms with Gasteiger partial charge in [-0.25, -0.2) is 0 Å². The van der Waals surface area contributed by atoms with Gasteiger partial charge in [-0.05, 0) is 12.8 Å². The number of carbonyl (C=O) groups is 1. The quantitative estimate of drug-likeness (QED) is 0.0259. The molecule has 0 bridgehead atoms. The Morgan fingerprint density at radius 3 is 0.892 bits per heavy atom. The summed E-state index contributed by atoms with van der Waals surface area (Å²) in [5.41, 5.74) is 0. The number of hydrogen-bond acceptors (Lipinski definition) is 7. The number of nitrogens with zero attached hydrogens (tertiary/aromatic N) is 1. The monoisotopic (exact) mass is 1070 g/mol. The smallest absolute Gasteiger partial charge is 0.306 e. The van der Waals surface area contributed by atoms with Crippen molar-refractivity contribution >= 4 is 13.8 Å². The van der Waals surface area contributed by atoms with Crippen molar-refractivity contribution in [3.05, 3.63) is 0 Å². The van der Waals surface area contributed by atoms with E-state index in [0.29, 0.717) is 24.1 Å². The fourth-order valence-electron chi connectivity index (χ4n) is 10.3. The molecule has 0 aromatic rings. The summed E-state index contributed by atoms with van der Waals surface area (Å²) >= 11 is 0. The minimum atomic E-state index is -4.53.